The van der Waals surface area contributed by atoms with Gasteiger partial charge < -0.3 is 10.2 Å². The molecule has 12 heteroatoms. The van der Waals surface area contributed by atoms with Gasteiger partial charge in [-0.05, 0) is 22.9 Å². The summed E-state index contributed by atoms with van der Waals surface area (Å²) in [6.07, 6.45) is 1.14. The van der Waals surface area contributed by atoms with Crippen LogP contribution in [0, 0.1) is 0 Å². The molecule has 158 valence electrons. The highest BCUT2D eigenvalue weighted by molar-refractivity contribution is 7.89. The first-order valence-electron chi connectivity index (χ1n) is 8.33. The van der Waals surface area contributed by atoms with E-state index in [1.807, 2.05) is 24.3 Å². The van der Waals surface area contributed by atoms with Crippen LogP contribution in [0.5, 0.6) is 0 Å². The van der Waals surface area contributed by atoms with Gasteiger partial charge in [-0.2, -0.15) is 8.61 Å². The second-order valence-electron chi connectivity index (χ2n) is 6.19. The van der Waals surface area contributed by atoms with Gasteiger partial charge in [0.15, 0.2) is 0 Å². The Labute approximate surface area is 168 Å². The molecule has 0 aliphatic carbocycles. The summed E-state index contributed by atoms with van der Waals surface area (Å²) in [5.41, 5.74) is 0. The molecule has 3 rings (SSSR count). The van der Waals surface area contributed by atoms with Crippen LogP contribution < -0.4 is 0 Å². The van der Waals surface area contributed by atoms with E-state index in [1.165, 1.54) is 8.61 Å². The minimum Gasteiger partial charge on any atom is -0.473 e. The Balaban J connectivity index is 0.000000438. The largest absolute Gasteiger partial charge is 0.473 e. The summed E-state index contributed by atoms with van der Waals surface area (Å²) in [5.74, 6) is -3.65. The van der Waals surface area contributed by atoms with Gasteiger partial charge in [-0.1, -0.05) is 30.3 Å². The molecule has 0 atom stereocenters. The van der Waals surface area contributed by atoms with Crippen LogP contribution in [0.2, 0.25) is 0 Å². The van der Waals surface area contributed by atoms with E-state index in [2.05, 4.69) is 0 Å². The molecule has 1 aliphatic heterocycles. The predicted octanol–water partition coefficient (Wildman–Crippen LogP) is 0.261. The lowest BCUT2D eigenvalue weighted by molar-refractivity contribution is -0.159. The highest BCUT2D eigenvalue weighted by Gasteiger charge is 2.31. The number of carboxylic acid groups (broad SMARTS) is 2. The maximum atomic E-state index is 12.7. The molecule has 1 saturated heterocycles. The van der Waals surface area contributed by atoms with Gasteiger partial charge in [0.25, 0.3) is 0 Å². The molecule has 0 spiro atoms. The third kappa shape index (κ3) is 5.73. The molecule has 2 N–H and O–H groups in total. The molecular formula is C17H20N2O8S2. The zero-order valence-electron chi connectivity index (χ0n) is 15.4. The first-order valence-corrected chi connectivity index (χ1v) is 11.6. The second-order valence-corrected chi connectivity index (χ2v) is 10.1. The quantitative estimate of drug-likeness (QED) is 0.640. The topological polar surface area (TPSA) is 149 Å². The summed E-state index contributed by atoms with van der Waals surface area (Å²) in [4.78, 5) is 18.4. The summed E-state index contributed by atoms with van der Waals surface area (Å²) < 4.78 is 51.2. The first-order chi connectivity index (χ1) is 13.4. The molecule has 1 heterocycles. The number of nitrogens with zero attached hydrogens (tertiary/aromatic N) is 2. The smallest absolute Gasteiger partial charge is 0.414 e. The lowest BCUT2D eigenvalue weighted by atomic mass is 10.1. The summed E-state index contributed by atoms with van der Waals surface area (Å²) in [6, 6.07) is 12.6. The van der Waals surface area contributed by atoms with Crippen molar-refractivity contribution in [1.29, 1.82) is 0 Å². The number of carboxylic acids is 2. The van der Waals surface area contributed by atoms with Crippen molar-refractivity contribution < 1.29 is 36.6 Å². The molecule has 0 bridgehead atoms. The average Bonchev–Trinajstić information content (AvgIpc) is 2.67. The molecule has 0 aromatic heterocycles. The lowest BCUT2D eigenvalue weighted by Gasteiger charge is -2.32. The maximum Gasteiger partial charge on any atom is 0.414 e. The molecule has 0 saturated carbocycles. The lowest BCUT2D eigenvalue weighted by Crippen LogP contribution is -2.50. The third-order valence-corrected chi connectivity index (χ3v) is 7.41. The fourth-order valence-corrected chi connectivity index (χ4v) is 5.00. The van der Waals surface area contributed by atoms with Crippen LogP contribution in [0.4, 0.5) is 0 Å². The molecule has 2 aromatic rings. The Morgan fingerprint density at radius 1 is 0.793 bits per heavy atom. The second kappa shape index (κ2) is 8.86. The van der Waals surface area contributed by atoms with Gasteiger partial charge in [-0.25, -0.2) is 26.4 Å². The Kier molecular flexibility index (Phi) is 6.95. The average molecular weight is 444 g/mol. The standard InChI is InChI=1S/C15H18N2O4S2.C2H2O4/c1-22(18,19)16-8-10-17(11-9-16)23(20,21)15-7-6-13-4-2-3-5-14(13)12-15;3-1(4)2(5)6/h2-7,12H,8-11H2,1H3;(H,3,4)(H,5,6). The number of carbonyl (C=O) groups is 2. The molecule has 10 nitrogen and oxygen atoms in total. The zero-order chi connectivity index (χ0) is 21.8. The molecule has 0 amide bonds. The number of fused-ring (bicyclic) bond motifs is 1. The number of piperazine rings is 1. The van der Waals surface area contributed by atoms with E-state index in [-0.39, 0.29) is 31.1 Å². The molecular weight excluding hydrogens is 424 g/mol. The predicted molar refractivity (Wildman–Crippen MR) is 104 cm³/mol. The summed E-state index contributed by atoms with van der Waals surface area (Å²) in [5, 5.41) is 16.6. The van der Waals surface area contributed by atoms with Gasteiger partial charge in [-0.3, -0.25) is 0 Å². The first kappa shape index (κ1) is 22.7. The Morgan fingerprint density at radius 2 is 1.28 bits per heavy atom. The number of aliphatic carboxylic acids is 2. The number of sulfonamides is 2. The summed E-state index contributed by atoms with van der Waals surface area (Å²) >= 11 is 0. The number of benzene rings is 2. The Hall–Kier alpha value is -2.54. The van der Waals surface area contributed by atoms with Crippen LogP contribution in [-0.2, 0) is 29.6 Å². The van der Waals surface area contributed by atoms with Gasteiger partial charge in [0.2, 0.25) is 20.0 Å². The molecule has 0 unspecified atom stereocenters. The van der Waals surface area contributed by atoms with Crippen molar-refractivity contribution in [3.8, 4) is 0 Å². The van der Waals surface area contributed by atoms with Gasteiger partial charge >= 0.3 is 11.9 Å². The van der Waals surface area contributed by atoms with Crippen molar-refractivity contribution in [2.24, 2.45) is 0 Å². The Bertz CT molecular complexity index is 1110. The number of rotatable bonds is 3. The van der Waals surface area contributed by atoms with Crippen molar-refractivity contribution in [3.63, 3.8) is 0 Å². The molecule has 1 fully saturated rings. The van der Waals surface area contributed by atoms with E-state index in [0.717, 1.165) is 17.0 Å². The van der Waals surface area contributed by atoms with Gasteiger partial charge in [0.05, 0.1) is 11.2 Å². The minimum atomic E-state index is -3.61. The molecule has 0 radical (unpaired) electrons. The van der Waals surface area contributed by atoms with Crippen LogP contribution in [-0.4, -0.2) is 80.0 Å². The van der Waals surface area contributed by atoms with Gasteiger partial charge in [0.1, 0.15) is 0 Å². The van der Waals surface area contributed by atoms with Gasteiger partial charge in [-0.15, -0.1) is 0 Å². The van der Waals surface area contributed by atoms with Crippen molar-refractivity contribution in [2.75, 3.05) is 32.4 Å². The van der Waals surface area contributed by atoms with Crippen molar-refractivity contribution >= 4 is 42.8 Å². The van der Waals surface area contributed by atoms with Crippen molar-refractivity contribution in [3.05, 3.63) is 42.5 Å². The van der Waals surface area contributed by atoms with Crippen molar-refractivity contribution in [1.82, 2.24) is 8.61 Å². The van der Waals surface area contributed by atoms with E-state index in [1.54, 1.807) is 18.2 Å². The van der Waals surface area contributed by atoms with Crippen molar-refractivity contribution in [2.45, 2.75) is 4.90 Å². The fraction of sp³-hybridized carbons (Fsp3) is 0.294. The van der Waals surface area contributed by atoms with Gasteiger partial charge in [0, 0.05) is 26.2 Å². The summed E-state index contributed by atoms with van der Waals surface area (Å²) in [7, 11) is -6.89. The number of hydrogen-bond acceptors (Lipinski definition) is 6. The molecule has 29 heavy (non-hydrogen) atoms. The van der Waals surface area contributed by atoms with Crippen LogP contribution in [0.3, 0.4) is 0 Å². The van der Waals surface area contributed by atoms with Crippen LogP contribution >= 0.6 is 0 Å². The minimum absolute atomic E-state index is 0.169. The van der Waals surface area contributed by atoms with E-state index in [9.17, 15) is 16.8 Å². The zero-order valence-corrected chi connectivity index (χ0v) is 17.1. The third-order valence-electron chi connectivity index (χ3n) is 4.21. The van der Waals surface area contributed by atoms with E-state index < -0.39 is 32.0 Å². The monoisotopic (exact) mass is 444 g/mol. The maximum absolute atomic E-state index is 12.7. The highest BCUT2D eigenvalue weighted by atomic mass is 32.2. The summed E-state index contributed by atoms with van der Waals surface area (Å²) in [6.45, 7) is 0.710. The molecule has 1 aliphatic rings. The van der Waals surface area contributed by atoms with Crippen LogP contribution in [0.1, 0.15) is 0 Å². The van der Waals surface area contributed by atoms with E-state index in [0.29, 0.717) is 0 Å². The highest BCUT2D eigenvalue weighted by Crippen LogP contribution is 2.23. The molecule has 2 aromatic carbocycles. The van der Waals surface area contributed by atoms with Crippen LogP contribution in [0.25, 0.3) is 10.8 Å². The van der Waals surface area contributed by atoms with Crippen LogP contribution in [0.15, 0.2) is 47.4 Å². The fourth-order valence-electron chi connectivity index (χ4n) is 2.72. The Morgan fingerprint density at radius 3 is 1.76 bits per heavy atom. The normalized spacial score (nSPS) is 16.0. The van der Waals surface area contributed by atoms with E-state index in [4.69, 9.17) is 19.8 Å². The van der Waals surface area contributed by atoms with E-state index >= 15 is 0 Å². The number of hydrogen-bond donors (Lipinski definition) is 2. The SMILES string of the molecule is CS(=O)(=O)N1CCN(S(=O)(=O)c2ccc3ccccc3c2)CC1.O=C(O)C(=O)O.